The summed E-state index contributed by atoms with van der Waals surface area (Å²) in [4.78, 5) is 81.1. The predicted molar refractivity (Wildman–Crippen MR) is 249 cm³/mol. The van der Waals surface area contributed by atoms with Gasteiger partial charge in [0.15, 0.2) is 11.5 Å². The molecule has 364 valence electrons. The van der Waals surface area contributed by atoms with Gasteiger partial charge >= 0.3 is 6.03 Å². The van der Waals surface area contributed by atoms with Crippen molar-refractivity contribution in [3.63, 3.8) is 0 Å². The van der Waals surface area contributed by atoms with Crippen molar-refractivity contribution in [1.29, 1.82) is 0 Å². The summed E-state index contributed by atoms with van der Waals surface area (Å²) in [7, 11) is 4.79. The van der Waals surface area contributed by atoms with E-state index in [1.165, 1.54) is 5.01 Å². The summed E-state index contributed by atoms with van der Waals surface area (Å²) < 4.78 is 33.7. The fourth-order valence-corrected chi connectivity index (χ4v) is 8.59. The summed E-state index contributed by atoms with van der Waals surface area (Å²) in [5.41, 5.74) is 5.26. The summed E-state index contributed by atoms with van der Waals surface area (Å²) in [6, 6.07) is 15.4. The van der Waals surface area contributed by atoms with Gasteiger partial charge in [0.05, 0.1) is 96.4 Å². The second kappa shape index (κ2) is 23.4. The van der Waals surface area contributed by atoms with Crippen LogP contribution < -0.4 is 30.3 Å². The van der Waals surface area contributed by atoms with Crippen molar-refractivity contribution in [3.05, 3.63) is 82.4 Å². The average molecular weight is 941 g/mol. The second-order valence-corrected chi connectivity index (χ2v) is 16.5. The summed E-state index contributed by atoms with van der Waals surface area (Å²) >= 11 is 0. The van der Waals surface area contributed by atoms with E-state index >= 15 is 0 Å². The van der Waals surface area contributed by atoms with Crippen LogP contribution in [0.25, 0.3) is 0 Å². The smallest absolute Gasteiger partial charge is 0.337 e. The number of nitrogens with one attached hydrogen (secondary N) is 3. The number of imide groups is 2. The van der Waals surface area contributed by atoms with E-state index in [4.69, 9.17) is 33.5 Å². The standard InChI is InChI=1S/C48H60N8O12/c1-31-28-33-29-39(63-3)40(64-4)30-36(33)44(52-56(31)48(62)49-2)32-8-10-34(11-9-32)53-16-18-54(19-17-53)42(58)14-20-65-22-24-67-26-27-68-25-23-66-21-15-50-37-7-5-6-35-43(37)47(61)55(46(35)60)38-12-13-41(57)51-45(38)59/h5-11,29-31,38,50H,12-28H2,1-4H3,(H,49,62)(H,51,57,59)/t31-,38?/m0/s1. The number of piperidine rings is 1. The first-order chi connectivity index (χ1) is 33.0. The number of carbonyl (C=O) groups is 6. The van der Waals surface area contributed by atoms with E-state index in [1.807, 2.05) is 48.2 Å². The van der Waals surface area contributed by atoms with Crippen LogP contribution in [0.3, 0.4) is 0 Å². The molecule has 0 spiro atoms. The Morgan fingerprint density at radius 2 is 1.43 bits per heavy atom. The van der Waals surface area contributed by atoms with Crippen LogP contribution in [0.1, 0.15) is 63.6 Å². The molecule has 20 heteroatoms. The summed E-state index contributed by atoms with van der Waals surface area (Å²) in [6.45, 7) is 7.69. The maximum Gasteiger partial charge on any atom is 0.337 e. The first-order valence-electron chi connectivity index (χ1n) is 22.9. The molecule has 20 nitrogen and oxygen atoms in total. The number of ether oxygens (including phenoxy) is 6. The van der Waals surface area contributed by atoms with E-state index in [-0.39, 0.29) is 48.4 Å². The number of urea groups is 1. The van der Waals surface area contributed by atoms with Crippen molar-refractivity contribution in [1.82, 2.24) is 25.4 Å². The summed E-state index contributed by atoms with van der Waals surface area (Å²) in [5.74, 6) is -0.969. The van der Waals surface area contributed by atoms with Crippen LogP contribution in [0.2, 0.25) is 0 Å². The fraction of sp³-hybridized carbons (Fsp3) is 0.479. The molecule has 3 aromatic carbocycles. The average Bonchev–Trinajstić information content (AvgIpc) is 3.51. The minimum absolute atomic E-state index is 0.0489. The van der Waals surface area contributed by atoms with Crippen LogP contribution in [-0.2, 0) is 39.8 Å². The maximum atomic E-state index is 13.2. The number of hydrogen-bond acceptors (Lipinski definition) is 15. The third-order valence-electron chi connectivity index (χ3n) is 12.2. The highest BCUT2D eigenvalue weighted by Crippen LogP contribution is 2.36. The van der Waals surface area contributed by atoms with Crippen molar-refractivity contribution in [2.75, 3.05) is 117 Å². The zero-order chi connectivity index (χ0) is 48.2. The quantitative estimate of drug-likeness (QED) is 0.103. The monoisotopic (exact) mass is 940 g/mol. The van der Waals surface area contributed by atoms with Crippen molar-refractivity contribution in [3.8, 4) is 11.5 Å². The van der Waals surface area contributed by atoms with Crippen LogP contribution >= 0.6 is 0 Å². The number of hydrazone groups is 1. The number of rotatable bonds is 21. The van der Waals surface area contributed by atoms with E-state index in [0.717, 1.165) is 27.3 Å². The maximum absolute atomic E-state index is 13.2. The normalized spacial score (nSPS) is 18.1. The number of piperazine rings is 1. The van der Waals surface area contributed by atoms with Crippen LogP contribution in [-0.4, -0.2) is 175 Å². The Morgan fingerprint density at radius 1 is 0.779 bits per heavy atom. The number of methoxy groups -OCH3 is 2. The molecule has 0 aliphatic carbocycles. The van der Waals surface area contributed by atoms with Gasteiger partial charge < -0.3 is 48.9 Å². The zero-order valence-electron chi connectivity index (χ0n) is 39.0. The van der Waals surface area contributed by atoms with Crippen LogP contribution in [0.15, 0.2) is 59.7 Å². The molecule has 2 atom stereocenters. The van der Waals surface area contributed by atoms with Gasteiger partial charge in [0.1, 0.15) is 6.04 Å². The molecule has 3 N–H and O–H groups in total. The van der Waals surface area contributed by atoms with Gasteiger partial charge in [-0.25, -0.2) is 9.80 Å². The third kappa shape index (κ3) is 11.6. The molecule has 68 heavy (non-hydrogen) atoms. The highest BCUT2D eigenvalue weighted by molar-refractivity contribution is 6.25. The van der Waals surface area contributed by atoms with Crippen molar-refractivity contribution in [2.45, 2.75) is 44.7 Å². The SMILES string of the molecule is CNC(=O)N1N=C(c2ccc(N3CCN(C(=O)CCOCCOCCOCCOCCNc4cccc5c4C(=O)N(C4CCC(=O)NC4=O)C5=O)CC3)cc2)c2cc(OC)c(OC)cc2C[C@@H]1C. The third-order valence-corrected chi connectivity index (χ3v) is 12.2. The second-order valence-electron chi connectivity index (χ2n) is 16.5. The van der Waals surface area contributed by atoms with E-state index in [9.17, 15) is 28.8 Å². The Labute approximate surface area is 395 Å². The molecular formula is C48H60N8O12. The summed E-state index contributed by atoms with van der Waals surface area (Å²) in [5, 5.41) is 14.4. The molecule has 3 aromatic rings. The molecule has 4 heterocycles. The van der Waals surface area contributed by atoms with E-state index in [1.54, 1.807) is 39.5 Å². The Kier molecular flexibility index (Phi) is 17.0. The number of amides is 7. The molecule has 0 saturated carbocycles. The molecule has 0 bridgehead atoms. The Hall–Kier alpha value is -6.61. The highest BCUT2D eigenvalue weighted by Gasteiger charge is 2.45. The zero-order valence-corrected chi connectivity index (χ0v) is 39.0. The molecule has 4 aliphatic rings. The highest BCUT2D eigenvalue weighted by atomic mass is 16.6. The lowest BCUT2D eigenvalue weighted by molar-refractivity contribution is -0.136. The molecule has 2 saturated heterocycles. The predicted octanol–water partition coefficient (Wildman–Crippen LogP) is 2.66. The largest absolute Gasteiger partial charge is 0.493 e. The number of benzene rings is 3. The van der Waals surface area contributed by atoms with Gasteiger partial charge in [-0.05, 0) is 61.7 Å². The molecule has 1 unspecified atom stereocenters. The lowest BCUT2D eigenvalue weighted by Gasteiger charge is -2.36. The molecule has 2 fully saturated rings. The first kappa shape index (κ1) is 49.3. The Morgan fingerprint density at radius 3 is 2.07 bits per heavy atom. The van der Waals surface area contributed by atoms with Crippen LogP contribution in [0.5, 0.6) is 11.5 Å². The first-order valence-corrected chi connectivity index (χ1v) is 22.9. The van der Waals surface area contributed by atoms with Gasteiger partial charge in [-0.2, -0.15) is 5.10 Å². The minimum atomic E-state index is -1.03. The Bertz CT molecular complexity index is 2350. The fourth-order valence-electron chi connectivity index (χ4n) is 8.59. The van der Waals surface area contributed by atoms with Gasteiger partial charge in [-0.15, -0.1) is 0 Å². The molecule has 7 rings (SSSR count). The number of hydrogen-bond donors (Lipinski definition) is 3. The number of nitrogens with zero attached hydrogens (tertiary/aromatic N) is 5. The Balaban J connectivity index is 0.735. The topological polar surface area (TPSA) is 219 Å². The molecule has 0 radical (unpaired) electrons. The lowest BCUT2D eigenvalue weighted by Crippen LogP contribution is -2.54. The van der Waals surface area contributed by atoms with Gasteiger partial charge in [0, 0.05) is 68.7 Å². The lowest BCUT2D eigenvalue weighted by atomic mass is 9.94. The van der Waals surface area contributed by atoms with Crippen LogP contribution in [0, 0.1) is 0 Å². The number of carbonyl (C=O) groups excluding carboxylic acids is 6. The number of anilines is 2. The number of fused-ring (bicyclic) bond motifs is 2. The van der Waals surface area contributed by atoms with E-state index in [2.05, 4.69) is 20.9 Å². The van der Waals surface area contributed by atoms with E-state index in [0.29, 0.717) is 115 Å². The molecular weight excluding hydrogens is 881 g/mol. The van der Waals surface area contributed by atoms with Gasteiger partial charge in [-0.1, -0.05) is 18.2 Å². The molecule has 0 aromatic heterocycles. The van der Waals surface area contributed by atoms with Gasteiger partial charge in [-0.3, -0.25) is 34.2 Å². The van der Waals surface area contributed by atoms with E-state index < -0.39 is 29.7 Å². The van der Waals surface area contributed by atoms with Crippen molar-refractivity contribution in [2.24, 2.45) is 5.10 Å². The molecule has 4 aliphatic heterocycles. The minimum Gasteiger partial charge on any atom is -0.493 e. The van der Waals surface area contributed by atoms with Crippen molar-refractivity contribution < 1.29 is 57.2 Å². The summed E-state index contributed by atoms with van der Waals surface area (Å²) in [6.07, 6.45) is 1.01. The van der Waals surface area contributed by atoms with Crippen molar-refractivity contribution >= 4 is 52.7 Å². The molecule has 7 amide bonds. The van der Waals surface area contributed by atoms with Gasteiger partial charge in [0.2, 0.25) is 17.7 Å². The van der Waals surface area contributed by atoms with Crippen LogP contribution in [0.4, 0.5) is 16.2 Å². The van der Waals surface area contributed by atoms with Gasteiger partial charge in [0.25, 0.3) is 11.8 Å².